The Morgan fingerprint density at radius 3 is 2.77 bits per heavy atom. The third-order valence-corrected chi connectivity index (χ3v) is 5.67. The average Bonchev–Trinajstić information content (AvgIpc) is 2.91. The summed E-state index contributed by atoms with van der Waals surface area (Å²) in [4.78, 5) is 24.5. The molecule has 0 unspecified atom stereocenters. The maximum Gasteiger partial charge on any atom is 0.343 e. The van der Waals surface area contributed by atoms with Crippen LogP contribution in [0, 0.1) is 0 Å². The Bertz CT molecular complexity index is 996. The van der Waals surface area contributed by atoms with E-state index in [0.29, 0.717) is 5.69 Å². The van der Waals surface area contributed by atoms with Gasteiger partial charge in [0.1, 0.15) is 11.3 Å². The predicted molar refractivity (Wildman–Crippen MR) is 98.4 cm³/mol. The summed E-state index contributed by atoms with van der Waals surface area (Å²) in [5.74, 6) is -0.634. The monoisotopic (exact) mass is 374 g/mol. The maximum absolute atomic E-state index is 12.5. The summed E-state index contributed by atoms with van der Waals surface area (Å²) in [6.07, 6.45) is 3.37. The minimum atomic E-state index is -0.659. The molecule has 136 valence electrons. The van der Waals surface area contributed by atoms with E-state index in [1.807, 2.05) is 4.68 Å². The maximum atomic E-state index is 12.5. The number of pyridine rings is 1. The molecule has 1 N–H and O–H groups in total. The molecule has 1 atom stereocenters. The topological polar surface area (TPSA) is 71.8 Å². The molecule has 1 aromatic carbocycles. The second-order valence-corrected chi connectivity index (χ2v) is 7.78. The minimum Gasteiger partial charge on any atom is -0.506 e. The molecule has 3 heterocycles. The molecule has 0 aliphatic carbocycles. The summed E-state index contributed by atoms with van der Waals surface area (Å²) in [5, 5.41) is 12.5. The van der Waals surface area contributed by atoms with Crippen LogP contribution in [0.25, 0.3) is 11.3 Å². The lowest BCUT2D eigenvalue weighted by atomic mass is 9.94. The third kappa shape index (κ3) is 2.25. The zero-order chi connectivity index (χ0) is 18.8. The smallest absolute Gasteiger partial charge is 0.343 e. The summed E-state index contributed by atoms with van der Waals surface area (Å²) < 4.78 is 6.61. The number of methoxy groups -OCH3 is 1. The molecular formula is C19H19ClN2O4. The fourth-order valence-corrected chi connectivity index (χ4v) is 4.28. The van der Waals surface area contributed by atoms with Gasteiger partial charge in [0, 0.05) is 17.8 Å². The number of carbonyl (C=O) groups is 1. The van der Waals surface area contributed by atoms with E-state index in [-0.39, 0.29) is 27.9 Å². The van der Waals surface area contributed by atoms with E-state index >= 15 is 0 Å². The Morgan fingerprint density at radius 1 is 1.35 bits per heavy atom. The molecular weight excluding hydrogens is 356 g/mol. The number of ether oxygens (including phenoxy) is 1. The molecule has 1 aromatic heterocycles. The number of benzene rings is 1. The molecule has 4 rings (SSSR count). The summed E-state index contributed by atoms with van der Waals surface area (Å²) in [5.41, 5.74) is 1.77. The van der Waals surface area contributed by atoms with Crippen molar-refractivity contribution in [2.75, 3.05) is 12.1 Å². The molecule has 0 bridgehead atoms. The number of fused-ring (bicyclic) bond motifs is 6. The van der Waals surface area contributed by atoms with Crippen molar-refractivity contribution >= 4 is 17.6 Å². The third-order valence-electron chi connectivity index (χ3n) is 5.37. The van der Waals surface area contributed by atoms with Gasteiger partial charge in [-0.15, -0.1) is 0 Å². The number of carbonyl (C=O) groups excluding carboxylic acids is 1. The highest BCUT2D eigenvalue weighted by molar-refractivity contribution is 6.32. The van der Waals surface area contributed by atoms with Crippen molar-refractivity contribution in [1.29, 1.82) is 0 Å². The number of esters is 1. The highest BCUT2D eigenvalue weighted by Crippen LogP contribution is 2.49. The van der Waals surface area contributed by atoms with Crippen LogP contribution in [0.2, 0.25) is 5.02 Å². The number of aromatic nitrogens is 1. The first kappa shape index (κ1) is 17.0. The van der Waals surface area contributed by atoms with E-state index in [9.17, 15) is 14.7 Å². The number of halogens is 1. The Labute approximate surface area is 155 Å². The lowest BCUT2D eigenvalue weighted by molar-refractivity contribution is 0.0598. The van der Waals surface area contributed by atoms with Crippen molar-refractivity contribution in [3.8, 4) is 17.0 Å². The van der Waals surface area contributed by atoms with Gasteiger partial charge in [-0.05, 0) is 44.4 Å². The van der Waals surface area contributed by atoms with Crippen LogP contribution in [0.15, 0.2) is 29.2 Å². The van der Waals surface area contributed by atoms with Gasteiger partial charge in [-0.1, -0.05) is 11.6 Å². The number of hydrogen-bond acceptors (Lipinski definition) is 5. The number of rotatable bonds is 1. The molecule has 0 spiro atoms. The van der Waals surface area contributed by atoms with Gasteiger partial charge in [-0.2, -0.15) is 0 Å². The van der Waals surface area contributed by atoms with E-state index in [0.717, 1.165) is 24.0 Å². The summed E-state index contributed by atoms with van der Waals surface area (Å²) in [7, 11) is 1.26. The predicted octanol–water partition coefficient (Wildman–Crippen LogP) is 3.23. The molecule has 6 nitrogen and oxygen atoms in total. The van der Waals surface area contributed by atoms with Gasteiger partial charge in [0.25, 0.3) is 0 Å². The van der Waals surface area contributed by atoms with Crippen molar-refractivity contribution in [2.24, 2.45) is 0 Å². The molecule has 7 heteroatoms. The fraction of sp³-hybridized carbons (Fsp3) is 0.368. The van der Waals surface area contributed by atoms with Crippen LogP contribution >= 0.6 is 11.6 Å². The summed E-state index contributed by atoms with van der Waals surface area (Å²) in [6, 6.07) is 4.81. The van der Waals surface area contributed by atoms with Gasteiger partial charge in [-0.25, -0.2) is 4.79 Å². The highest BCUT2D eigenvalue weighted by atomic mass is 35.5. The van der Waals surface area contributed by atoms with Gasteiger partial charge in [0.05, 0.1) is 29.4 Å². The molecule has 0 radical (unpaired) electrons. The molecule has 1 saturated heterocycles. The van der Waals surface area contributed by atoms with Crippen LogP contribution in [0.5, 0.6) is 5.75 Å². The second kappa shape index (κ2) is 5.51. The van der Waals surface area contributed by atoms with E-state index < -0.39 is 11.4 Å². The normalized spacial score (nSPS) is 19.5. The Hall–Kier alpha value is -2.47. The van der Waals surface area contributed by atoms with E-state index in [4.69, 9.17) is 16.3 Å². The first-order chi connectivity index (χ1) is 12.2. The molecule has 1 fully saturated rings. The Morgan fingerprint density at radius 2 is 2.08 bits per heavy atom. The number of nitrogens with zero attached hydrogens (tertiary/aromatic N) is 2. The number of hydrogen-bond donors (Lipinski definition) is 1. The number of phenols is 1. The van der Waals surface area contributed by atoms with Gasteiger partial charge in [-0.3, -0.25) is 14.5 Å². The van der Waals surface area contributed by atoms with Crippen LogP contribution in [-0.4, -0.2) is 28.4 Å². The first-order valence-electron chi connectivity index (χ1n) is 8.42. The van der Waals surface area contributed by atoms with Gasteiger partial charge >= 0.3 is 5.97 Å². The van der Waals surface area contributed by atoms with E-state index in [2.05, 4.69) is 18.9 Å². The first-order valence-corrected chi connectivity index (χ1v) is 8.80. The lowest BCUT2D eigenvalue weighted by Crippen LogP contribution is -2.50. The zero-order valence-corrected chi connectivity index (χ0v) is 15.5. The van der Waals surface area contributed by atoms with Crippen molar-refractivity contribution in [2.45, 2.75) is 38.3 Å². The summed E-state index contributed by atoms with van der Waals surface area (Å²) >= 11 is 6.13. The van der Waals surface area contributed by atoms with Crippen LogP contribution in [0.4, 0.5) is 0 Å². The van der Waals surface area contributed by atoms with Gasteiger partial charge < -0.3 is 9.84 Å². The van der Waals surface area contributed by atoms with Crippen LogP contribution in [-0.2, 0) is 4.74 Å². The molecule has 2 aromatic rings. The molecule has 0 saturated carbocycles. The van der Waals surface area contributed by atoms with Gasteiger partial charge in [0.15, 0.2) is 5.43 Å². The fourth-order valence-electron chi connectivity index (χ4n) is 4.12. The van der Waals surface area contributed by atoms with Crippen molar-refractivity contribution < 1.29 is 14.6 Å². The molecule has 26 heavy (non-hydrogen) atoms. The highest BCUT2D eigenvalue weighted by Gasteiger charge is 2.45. The SMILES string of the molecule is COC(=O)c1cn2c(cc1=O)-c1cc(Cl)c(O)cc1[C@H]1CCC(C)(C)N12. The van der Waals surface area contributed by atoms with Gasteiger partial charge in [0.2, 0.25) is 0 Å². The Kier molecular flexibility index (Phi) is 3.60. The van der Waals surface area contributed by atoms with E-state index in [1.165, 1.54) is 13.2 Å². The van der Waals surface area contributed by atoms with Crippen LogP contribution in [0.1, 0.15) is 48.7 Å². The lowest BCUT2D eigenvalue weighted by Gasteiger charge is -2.44. The number of phenolic OH excluding ortho intramolecular Hbond substituents is 1. The largest absolute Gasteiger partial charge is 0.506 e. The second-order valence-electron chi connectivity index (χ2n) is 7.38. The summed E-state index contributed by atoms with van der Waals surface area (Å²) in [6.45, 7) is 4.24. The molecule has 2 aliphatic heterocycles. The van der Waals surface area contributed by atoms with Crippen molar-refractivity contribution in [3.63, 3.8) is 0 Å². The van der Waals surface area contributed by atoms with Crippen molar-refractivity contribution in [3.05, 3.63) is 50.8 Å². The minimum absolute atomic E-state index is 0.00831. The standard InChI is InChI=1S/C19H19ClN2O4/c1-19(2)5-4-14-11-7-17(24)13(20)6-10(11)15-8-16(23)12(18(25)26-3)9-21(15)22(14)19/h6-9,14,24H,4-5H2,1-3H3/t14-/m1/s1. The van der Waals surface area contributed by atoms with E-state index in [1.54, 1.807) is 18.3 Å². The Balaban J connectivity index is 2.06. The molecule has 0 amide bonds. The molecule has 2 aliphatic rings. The van der Waals surface area contributed by atoms with Crippen LogP contribution in [0.3, 0.4) is 0 Å². The zero-order valence-electron chi connectivity index (χ0n) is 14.7. The van der Waals surface area contributed by atoms with Crippen LogP contribution < -0.4 is 10.4 Å². The van der Waals surface area contributed by atoms with Crippen molar-refractivity contribution in [1.82, 2.24) is 4.68 Å². The quantitative estimate of drug-likeness (QED) is 0.776. The average molecular weight is 375 g/mol. The number of aromatic hydroxyl groups is 1.